The van der Waals surface area contributed by atoms with Crippen LogP contribution < -0.4 is 10.1 Å². The average Bonchev–Trinajstić information content (AvgIpc) is 2.94. The summed E-state index contributed by atoms with van der Waals surface area (Å²) in [6.45, 7) is -0.193. The molecule has 0 bridgehead atoms. The molecular weight excluding hydrogens is 315 g/mol. The first-order valence-corrected chi connectivity index (χ1v) is 6.85. The van der Waals surface area contributed by atoms with Crippen molar-refractivity contribution >= 4 is 11.9 Å². The highest BCUT2D eigenvalue weighted by molar-refractivity contribution is 6.02. The highest BCUT2D eigenvalue weighted by atomic mass is 19.4. The normalized spacial score (nSPS) is 14.7. The van der Waals surface area contributed by atoms with E-state index in [1.54, 1.807) is 0 Å². The molecule has 0 unspecified atom stereocenters. The van der Waals surface area contributed by atoms with Crippen LogP contribution in [0.25, 0.3) is 0 Å². The number of benzene rings is 1. The summed E-state index contributed by atoms with van der Waals surface area (Å²) in [5.74, 6) is -2.13. The number of carbonyl (C=O) groups excluding carboxylic acids is 1. The third kappa shape index (κ3) is 4.48. The van der Waals surface area contributed by atoms with Crippen LogP contribution in [0.1, 0.15) is 24.8 Å². The summed E-state index contributed by atoms with van der Waals surface area (Å²) in [7, 11) is 0. The maximum Gasteiger partial charge on any atom is 0.573 e. The first-order valence-electron chi connectivity index (χ1n) is 6.85. The number of carboxylic acids is 1. The van der Waals surface area contributed by atoms with Crippen molar-refractivity contribution < 1.29 is 32.6 Å². The first-order chi connectivity index (χ1) is 10.8. The van der Waals surface area contributed by atoms with Crippen LogP contribution in [-0.4, -0.2) is 23.3 Å². The number of hydrogen-bond donors (Lipinski definition) is 2. The molecule has 1 aliphatic rings. The number of nitrogens with one attached hydrogen (secondary N) is 1. The zero-order valence-corrected chi connectivity index (χ0v) is 11.9. The van der Waals surface area contributed by atoms with Crippen molar-refractivity contribution in [3.05, 3.63) is 41.0 Å². The van der Waals surface area contributed by atoms with E-state index in [2.05, 4.69) is 10.1 Å². The fourth-order valence-corrected chi connectivity index (χ4v) is 2.39. The quantitative estimate of drug-likeness (QED) is 0.871. The van der Waals surface area contributed by atoms with Crippen molar-refractivity contribution in [3.63, 3.8) is 0 Å². The van der Waals surface area contributed by atoms with Crippen molar-refractivity contribution in [2.75, 3.05) is 0 Å². The van der Waals surface area contributed by atoms with Crippen LogP contribution in [0.5, 0.6) is 5.75 Å². The van der Waals surface area contributed by atoms with Crippen molar-refractivity contribution in [2.24, 2.45) is 0 Å². The number of ether oxygens (including phenoxy) is 1. The Bertz CT molecular complexity index is 652. The fourth-order valence-electron chi connectivity index (χ4n) is 2.39. The summed E-state index contributed by atoms with van der Waals surface area (Å²) in [5, 5.41) is 11.5. The van der Waals surface area contributed by atoms with Crippen molar-refractivity contribution in [2.45, 2.75) is 32.2 Å². The van der Waals surface area contributed by atoms with Gasteiger partial charge in [0.1, 0.15) is 5.75 Å². The summed E-state index contributed by atoms with van der Waals surface area (Å²) in [6, 6.07) is 5.44. The standard InChI is InChI=1S/C15H14F3NO4/c16-15(17,18)23-12-7-2-1-4-9(12)8-19-13(20)10-5-3-6-11(10)14(21)22/h1-2,4,7H,3,5-6,8H2,(H,19,20)(H,21,22). The Morgan fingerprint density at radius 2 is 1.83 bits per heavy atom. The molecule has 0 atom stereocenters. The topological polar surface area (TPSA) is 75.6 Å². The molecule has 0 heterocycles. The molecule has 23 heavy (non-hydrogen) atoms. The lowest BCUT2D eigenvalue weighted by Gasteiger charge is -2.14. The Morgan fingerprint density at radius 3 is 2.48 bits per heavy atom. The number of halogens is 3. The largest absolute Gasteiger partial charge is 0.573 e. The first kappa shape index (κ1) is 16.9. The van der Waals surface area contributed by atoms with Gasteiger partial charge in [0.25, 0.3) is 0 Å². The smallest absolute Gasteiger partial charge is 0.478 e. The number of carboxylic acid groups (broad SMARTS) is 1. The van der Waals surface area contributed by atoms with E-state index in [4.69, 9.17) is 5.11 Å². The van der Waals surface area contributed by atoms with Crippen LogP contribution in [0.4, 0.5) is 13.2 Å². The lowest BCUT2D eigenvalue weighted by Crippen LogP contribution is -2.26. The zero-order chi connectivity index (χ0) is 17.0. The third-order valence-electron chi connectivity index (χ3n) is 3.39. The predicted octanol–water partition coefficient (Wildman–Crippen LogP) is 2.77. The SMILES string of the molecule is O=C(O)C1=C(C(=O)NCc2ccccc2OC(F)(F)F)CCC1. The van der Waals surface area contributed by atoms with Crippen LogP contribution in [0.15, 0.2) is 35.4 Å². The summed E-state index contributed by atoms with van der Waals surface area (Å²) in [5.41, 5.74) is 0.377. The van der Waals surface area contributed by atoms with Gasteiger partial charge in [-0.3, -0.25) is 4.79 Å². The molecule has 0 spiro atoms. The predicted molar refractivity (Wildman–Crippen MR) is 73.5 cm³/mol. The van der Waals surface area contributed by atoms with E-state index >= 15 is 0 Å². The van der Waals surface area contributed by atoms with Crippen LogP contribution >= 0.6 is 0 Å². The third-order valence-corrected chi connectivity index (χ3v) is 3.39. The maximum atomic E-state index is 12.3. The summed E-state index contributed by atoms with van der Waals surface area (Å²) >= 11 is 0. The Labute approximate surface area is 129 Å². The number of amides is 1. The molecule has 124 valence electrons. The number of aliphatic carboxylic acids is 1. The van der Waals surface area contributed by atoms with Crippen molar-refractivity contribution in [1.82, 2.24) is 5.32 Å². The Kier molecular flexibility index (Phi) is 4.92. The van der Waals surface area contributed by atoms with Gasteiger partial charge in [-0.25, -0.2) is 4.79 Å². The lowest BCUT2D eigenvalue weighted by atomic mass is 10.1. The van der Waals surface area contributed by atoms with Gasteiger partial charge in [-0.05, 0) is 25.3 Å². The Balaban J connectivity index is 2.08. The summed E-state index contributed by atoms with van der Waals surface area (Å²) < 4.78 is 40.9. The molecule has 0 fully saturated rings. The molecule has 0 aromatic heterocycles. The molecule has 1 aromatic carbocycles. The summed E-state index contributed by atoms with van der Waals surface area (Å²) in [6.07, 6.45) is -3.61. The maximum absolute atomic E-state index is 12.3. The van der Waals surface area contributed by atoms with Gasteiger partial charge in [0.05, 0.1) is 0 Å². The molecule has 1 aliphatic carbocycles. The van der Waals surface area contributed by atoms with Gasteiger partial charge in [0.15, 0.2) is 0 Å². The number of alkyl halides is 3. The Hall–Kier alpha value is -2.51. The average molecular weight is 329 g/mol. The van der Waals surface area contributed by atoms with E-state index in [1.165, 1.54) is 18.2 Å². The molecule has 0 radical (unpaired) electrons. The van der Waals surface area contributed by atoms with E-state index in [0.29, 0.717) is 19.3 Å². The van der Waals surface area contributed by atoms with Gasteiger partial charge in [-0.2, -0.15) is 0 Å². The van der Waals surface area contributed by atoms with E-state index in [0.717, 1.165) is 6.07 Å². The Morgan fingerprint density at radius 1 is 1.17 bits per heavy atom. The second kappa shape index (κ2) is 6.72. The molecule has 0 aliphatic heterocycles. The van der Waals surface area contributed by atoms with Crippen LogP contribution in [0.3, 0.4) is 0 Å². The molecule has 1 amide bonds. The van der Waals surface area contributed by atoms with Gasteiger partial charge in [-0.15, -0.1) is 13.2 Å². The van der Waals surface area contributed by atoms with E-state index < -0.39 is 24.0 Å². The number of carbonyl (C=O) groups is 2. The second-order valence-corrected chi connectivity index (χ2v) is 4.95. The second-order valence-electron chi connectivity index (χ2n) is 4.95. The molecule has 0 saturated carbocycles. The summed E-state index contributed by atoms with van der Waals surface area (Å²) in [4.78, 5) is 23.1. The van der Waals surface area contributed by atoms with Gasteiger partial charge in [0, 0.05) is 23.3 Å². The fraction of sp³-hybridized carbons (Fsp3) is 0.333. The van der Waals surface area contributed by atoms with Gasteiger partial charge >= 0.3 is 12.3 Å². The van der Waals surface area contributed by atoms with Crippen LogP contribution in [-0.2, 0) is 16.1 Å². The highest BCUT2D eigenvalue weighted by Gasteiger charge is 2.32. The minimum Gasteiger partial charge on any atom is -0.478 e. The monoisotopic (exact) mass is 329 g/mol. The zero-order valence-electron chi connectivity index (χ0n) is 11.9. The van der Waals surface area contributed by atoms with Crippen LogP contribution in [0, 0.1) is 0 Å². The van der Waals surface area contributed by atoms with Gasteiger partial charge in [0.2, 0.25) is 5.91 Å². The number of para-hydroxylation sites is 1. The van der Waals surface area contributed by atoms with Gasteiger partial charge < -0.3 is 15.2 Å². The van der Waals surface area contributed by atoms with E-state index in [1.807, 2.05) is 0 Å². The molecule has 2 N–H and O–H groups in total. The lowest BCUT2D eigenvalue weighted by molar-refractivity contribution is -0.274. The molecule has 5 nitrogen and oxygen atoms in total. The van der Waals surface area contributed by atoms with E-state index in [-0.39, 0.29) is 23.3 Å². The minimum atomic E-state index is -4.83. The number of hydrogen-bond acceptors (Lipinski definition) is 3. The van der Waals surface area contributed by atoms with Gasteiger partial charge in [-0.1, -0.05) is 18.2 Å². The molecule has 1 aromatic rings. The minimum absolute atomic E-state index is 0.0577. The highest BCUT2D eigenvalue weighted by Crippen LogP contribution is 2.28. The van der Waals surface area contributed by atoms with Crippen molar-refractivity contribution in [3.8, 4) is 5.75 Å². The van der Waals surface area contributed by atoms with E-state index in [9.17, 15) is 22.8 Å². The number of rotatable bonds is 5. The van der Waals surface area contributed by atoms with Crippen LogP contribution in [0.2, 0.25) is 0 Å². The molecule has 0 saturated heterocycles. The molecular formula is C15H14F3NO4. The molecule has 8 heteroatoms. The molecule has 2 rings (SSSR count). The van der Waals surface area contributed by atoms with Crippen molar-refractivity contribution in [1.29, 1.82) is 0 Å².